The van der Waals surface area contributed by atoms with E-state index in [9.17, 15) is 0 Å². The third kappa shape index (κ3) is 2.74. The van der Waals surface area contributed by atoms with Gasteiger partial charge in [-0.25, -0.2) is 0 Å². The van der Waals surface area contributed by atoms with Crippen molar-refractivity contribution >= 4 is 13.3 Å². The molecule has 0 N–H and O–H groups in total. The number of para-hydroxylation sites is 1. The molecule has 1 aromatic rings. The van der Waals surface area contributed by atoms with Crippen LogP contribution in [-0.4, -0.2) is 15.2 Å². The number of nitriles is 1. The van der Waals surface area contributed by atoms with Crippen LogP contribution in [-0.2, 0) is 0 Å². The molecule has 0 unspecified atom stereocenters. The molecule has 16 heavy (non-hydrogen) atoms. The molecule has 2 nitrogen and oxygen atoms in total. The van der Waals surface area contributed by atoms with E-state index in [1.165, 1.54) is 0 Å². The van der Waals surface area contributed by atoms with Gasteiger partial charge in [0.25, 0.3) is 0 Å². The Labute approximate surface area is 98.2 Å². The summed E-state index contributed by atoms with van der Waals surface area (Å²) >= 11 is 0. The van der Waals surface area contributed by atoms with E-state index in [-0.39, 0.29) is 0 Å². The SMILES string of the molecule is COc1ccccc1/C(=C\C#N)[Si](C)(C)C. The van der Waals surface area contributed by atoms with E-state index >= 15 is 0 Å². The first kappa shape index (κ1) is 12.5. The lowest BCUT2D eigenvalue weighted by Crippen LogP contribution is -2.23. The van der Waals surface area contributed by atoms with Crippen LogP contribution >= 0.6 is 0 Å². The fourth-order valence-electron chi connectivity index (χ4n) is 1.63. The third-order valence-corrected chi connectivity index (χ3v) is 4.44. The summed E-state index contributed by atoms with van der Waals surface area (Å²) in [4.78, 5) is 0. The second-order valence-electron chi connectivity index (χ2n) is 4.64. The Morgan fingerprint density at radius 1 is 1.31 bits per heavy atom. The summed E-state index contributed by atoms with van der Waals surface area (Å²) in [5, 5.41) is 10.0. The molecule has 0 amide bonds. The maximum Gasteiger partial charge on any atom is 0.125 e. The molecule has 0 aliphatic heterocycles. The van der Waals surface area contributed by atoms with E-state index in [0.29, 0.717) is 0 Å². The molecule has 0 saturated heterocycles. The maximum absolute atomic E-state index is 8.88. The highest BCUT2D eigenvalue weighted by atomic mass is 28.3. The van der Waals surface area contributed by atoms with Crippen molar-refractivity contribution in [2.24, 2.45) is 0 Å². The number of nitrogens with zero attached hydrogens (tertiary/aromatic N) is 1. The van der Waals surface area contributed by atoms with Crippen LogP contribution in [0.3, 0.4) is 0 Å². The number of hydrogen-bond donors (Lipinski definition) is 0. The molecular formula is C13H17NOSi. The van der Waals surface area contributed by atoms with E-state index in [2.05, 4.69) is 25.7 Å². The highest BCUT2D eigenvalue weighted by molar-refractivity contribution is 6.93. The van der Waals surface area contributed by atoms with Crippen LogP contribution in [0.25, 0.3) is 5.20 Å². The molecule has 3 heteroatoms. The van der Waals surface area contributed by atoms with Crippen LogP contribution in [0.2, 0.25) is 19.6 Å². The van der Waals surface area contributed by atoms with Gasteiger partial charge >= 0.3 is 0 Å². The Morgan fingerprint density at radius 2 is 1.94 bits per heavy atom. The van der Waals surface area contributed by atoms with Gasteiger partial charge in [0.15, 0.2) is 0 Å². The summed E-state index contributed by atoms with van der Waals surface area (Å²) in [7, 11) is 0.122. The lowest BCUT2D eigenvalue weighted by atomic mass is 10.2. The lowest BCUT2D eigenvalue weighted by Gasteiger charge is -2.22. The van der Waals surface area contributed by atoms with E-state index in [4.69, 9.17) is 10.00 Å². The van der Waals surface area contributed by atoms with Gasteiger partial charge in [0, 0.05) is 11.6 Å². The third-order valence-electron chi connectivity index (χ3n) is 2.41. The molecule has 0 aliphatic carbocycles. The van der Waals surface area contributed by atoms with Gasteiger partial charge < -0.3 is 4.74 Å². The zero-order valence-corrected chi connectivity index (χ0v) is 11.2. The molecule has 0 heterocycles. The van der Waals surface area contributed by atoms with Gasteiger partial charge in [-0.3, -0.25) is 0 Å². The summed E-state index contributed by atoms with van der Waals surface area (Å²) in [6.45, 7) is 6.67. The Bertz CT molecular complexity index is 438. The van der Waals surface area contributed by atoms with Crippen LogP contribution in [0.15, 0.2) is 30.3 Å². The number of methoxy groups -OCH3 is 1. The molecule has 1 aromatic carbocycles. The molecule has 0 aromatic heterocycles. The Morgan fingerprint density at radius 3 is 2.44 bits per heavy atom. The fraction of sp³-hybridized carbons (Fsp3) is 0.308. The van der Waals surface area contributed by atoms with Crippen molar-refractivity contribution in [3.63, 3.8) is 0 Å². The zero-order chi connectivity index (χ0) is 12.2. The molecule has 0 bridgehead atoms. The van der Waals surface area contributed by atoms with E-state index in [1.807, 2.05) is 24.3 Å². The number of allylic oxidation sites excluding steroid dienone is 1. The summed E-state index contributed by atoms with van der Waals surface area (Å²) in [6.07, 6.45) is 1.66. The predicted molar refractivity (Wildman–Crippen MR) is 69.9 cm³/mol. The van der Waals surface area contributed by atoms with E-state index in [1.54, 1.807) is 13.2 Å². The summed E-state index contributed by atoms with van der Waals surface area (Å²) in [5.74, 6) is 0.839. The minimum Gasteiger partial charge on any atom is -0.496 e. The van der Waals surface area contributed by atoms with Gasteiger partial charge in [0.1, 0.15) is 5.75 Å². The molecule has 0 atom stereocenters. The van der Waals surface area contributed by atoms with Crippen molar-refractivity contribution in [2.75, 3.05) is 7.11 Å². The number of benzene rings is 1. The minimum atomic E-state index is -1.54. The first-order valence-corrected chi connectivity index (χ1v) is 8.74. The summed E-state index contributed by atoms with van der Waals surface area (Å²) < 4.78 is 5.34. The average molecular weight is 231 g/mol. The minimum absolute atomic E-state index is 0.839. The quantitative estimate of drug-likeness (QED) is 0.589. The summed E-state index contributed by atoms with van der Waals surface area (Å²) in [5.41, 5.74) is 1.05. The molecule has 0 aliphatic rings. The van der Waals surface area contributed by atoms with Crippen molar-refractivity contribution in [1.29, 1.82) is 5.26 Å². The van der Waals surface area contributed by atoms with Crippen molar-refractivity contribution in [1.82, 2.24) is 0 Å². The normalized spacial score (nSPS) is 12.1. The molecule has 0 spiro atoms. The zero-order valence-electron chi connectivity index (χ0n) is 10.2. The van der Waals surface area contributed by atoms with E-state index in [0.717, 1.165) is 16.5 Å². The molecule has 84 valence electrons. The molecule has 0 radical (unpaired) electrons. The highest BCUT2D eigenvalue weighted by Gasteiger charge is 2.23. The maximum atomic E-state index is 8.88. The van der Waals surface area contributed by atoms with Gasteiger partial charge in [0.05, 0.1) is 21.3 Å². The Balaban J connectivity index is 3.34. The predicted octanol–water partition coefficient (Wildman–Crippen LogP) is 3.48. The first-order chi connectivity index (χ1) is 7.50. The number of rotatable bonds is 3. The largest absolute Gasteiger partial charge is 0.496 e. The topological polar surface area (TPSA) is 33.0 Å². The van der Waals surface area contributed by atoms with Crippen molar-refractivity contribution in [2.45, 2.75) is 19.6 Å². The van der Waals surface area contributed by atoms with Crippen LogP contribution < -0.4 is 4.74 Å². The Hall–Kier alpha value is -1.53. The van der Waals surface area contributed by atoms with E-state index < -0.39 is 8.07 Å². The van der Waals surface area contributed by atoms with Crippen molar-refractivity contribution in [3.8, 4) is 11.8 Å². The highest BCUT2D eigenvalue weighted by Crippen LogP contribution is 2.32. The number of ether oxygens (including phenoxy) is 1. The number of hydrogen-bond acceptors (Lipinski definition) is 2. The lowest BCUT2D eigenvalue weighted by molar-refractivity contribution is 0.413. The van der Waals surface area contributed by atoms with Crippen LogP contribution in [0.4, 0.5) is 0 Å². The standard InChI is InChI=1S/C13H17NOSi/c1-15-12-8-6-5-7-11(12)13(9-10-14)16(2,3)4/h5-9H,1-4H3/b13-9+. The van der Waals surface area contributed by atoms with Crippen LogP contribution in [0.5, 0.6) is 5.75 Å². The second-order valence-corrected chi connectivity index (χ2v) is 9.68. The monoisotopic (exact) mass is 231 g/mol. The van der Waals surface area contributed by atoms with Gasteiger partial charge in [0.2, 0.25) is 0 Å². The van der Waals surface area contributed by atoms with Gasteiger partial charge in [-0.05, 0) is 11.3 Å². The van der Waals surface area contributed by atoms with Gasteiger partial charge in [-0.15, -0.1) is 0 Å². The molecule has 0 fully saturated rings. The first-order valence-electron chi connectivity index (χ1n) is 5.24. The average Bonchev–Trinajstić information content (AvgIpc) is 2.24. The van der Waals surface area contributed by atoms with Crippen LogP contribution in [0.1, 0.15) is 5.56 Å². The molecule has 0 saturated carbocycles. The Kier molecular flexibility index (Phi) is 3.91. The van der Waals surface area contributed by atoms with Crippen molar-refractivity contribution in [3.05, 3.63) is 35.9 Å². The smallest absolute Gasteiger partial charge is 0.125 e. The summed E-state index contributed by atoms with van der Waals surface area (Å²) in [6, 6.07) is 10.0. The molecular weight excluding hydrogens is 214 g/mol. The van der Waals surface area contributed by atoms with Crippen molar-refractivity contribution < 1.29 is 4.74 Å². The molecule has 1 rings (SSSR count). The van der Waals surface area contributed by atoms with Gasteiger partial charge in [-0.1, -0.05) is 37.8 Å². The fourth-order valence-corrected chi connectivity index (χ4v) is 3.14. The second kappa shape index (κ2) is 5.00. The van der Waals surface area contributed by atoms with Crippen LogP contribution in [0, 0.1) is 11.3 Å². The van der Waals surface area contributed by atoms with Gasteiger partial charge in [-0.2, -0.15) is 5.26 Å².